The van der Waals surface area contributed by atoms with E-state index in [1.54, 1.807) is 17.1 Å². The maximum atomic E-state index is 12.4. The number of aromatic amines is 1. The highest BCUT2D eigenvalue weighted by Gasteiger charge is 2.18. The summed E-state index contributed by atoms with van der Waals surface area (Å²) in [6.07, 6.45) is 3.46. The van der Waals surface area contributed by atoms with E-state index >= 15 is 0 Å². The molecule has 20 heavy (non-hydrogen) atoms. The van der Waals surface area contributed by atoms with Gasteiger partial charge in [0.2, 0.25) is 0 Å². The minimum absolute atomic E-state index is 0.123. The van der Waals surface area contributed by atoms with Gasteiger partial charge in [-0.15, -0.1) is 0 Å². The van der Waals surface area contributed by atoms with E-state index in [9.17, 15) is 4.79 Å². The number of H-pyrrole nitrogens is 1. The molecule has 3 aromatic rings. The zero-order chi connectivity index (χ0) is 14.1. The monoisotopic (exact) mass is 269 g/mol. The van der Waals surface area contributed by atoms with Crippen molar-refractivity contribution in [2.45, 2.75) is 13.0 Å². The molecule has 2 N–H and O–H groups in total. The standard InChI is InChI=1S/C14H15N5O/c1-9(10-7-15-16-8-10)17-14(20)13-11-5-3-4-6-12(11)19(2)18-13/h3-9H,1-2H3,(H,15,16)(H,17,20). The van der Waals surface area contributed by atoms with Crippen molar-refractivity contribution in [2.24, 2.45) is 7.05 Å². The average molecular weight is 269 g/mol. The van der Waals surface area contributed by atoms with Gasteiger partial charge in [0.25, 0.3) is 5.91 Å². The number of amides is 1. The predicted octanol–water partition coefficient (Wildman–Crippen LogP) is 1.79. The van der Waals surface area contributed by atoms with Gasteiger partial charge >= 0.3 is 0 Å². The van der Waals surface area contributed by atoms with E-state index in [1.165, 1.54) is 0 Å². The van der Waals surface area contributed by atoms with Gasteiger partial charge in [-0.1, -0.05) is 18.2 Å². The van der Waals surface area contributed by atoms with Gasteiger partial charge in [0.15, 0.2) is 5.69 Å². The Kier molecular flexibility index (Phi) is 2.98. The SMILES string of the molecule is CC(NC(=O)c1nn(C)c2ccccc12)c1cn[nH]c1. The average Bonchev–Trinajstić information content (AvgIpc) is 3.07. The lowest BCUT2D eigenvalue weighted by Gasteiger charge is -2.10. The molecule has 0 aliphatic rings. The number of fused-ring (bicyclic) bond motifs is 1. The van der Waals surface area contributed by atoms with Crippen LogP contribution in [0.5, 0.6) is 0 Å². The Bertz CT molecular complexity index is 744. The summed E-state index contributed by atoms with van der Waals surface area (Å²) in [4.78, 5) is 12.4. The van der Waals surface area contributed by atoms with E-state index in [0.29, 0.717) is 5.69 Å². The van der Waals surface area contributed by atoms with Crippen LogP contribution in [-0.4, -0.2) is 25.9 Å². The number of para-hydroxylation sites is 1. The number of aromatic nitrogens is 4. The fourth-order valence-corrected chi connectivity index (χ4v) is 2.23. The van der Waals surface area contributed by atoms with Crippen LogP contribution in [-0.2, 0) is 7.05 Å². The van der Waals surface area contributed by atoms with Crippen LogP contribution < -0.4 is 5.32 Å². The number of nitrogens with zero attached hydrogens (tertiary/aromatic N) is 3. The molecule has 102 valence electrons. The van der Waals surface area contributed by atoms with Crippen molar-refractivity contribution >= 4 is 16.8 Å². The van der Waals surface area contributed by atoms with Crippen LogP contribution in [0.1, 0.15) is 29.0 Å². The number of hydrogen-bond acceptors (Lipinski definition) is 3. The molecule has 0 fully saturated rings. The smallest absolute Gasteiger partial charge is 0.272 e. The Morgan fingerprint density at radius 1 is 1.40 bits per heavy atom. The molecule has 0 radical (unpaired) electrons. The molecule has 0 spiro atoms. The van der Waals surface area contributed by atoms with Crippen molar-refractivity contribution < 1.29 is 4.79 Å². The topological polar surface area (TPSA) is 75.6 Å². The highest BCUT2D eigenvalue weighted by molar-refractivity contribution is 6.04. The fraction of sp³-hybridized carbons (Fsp3) is 0.214. The van der Waals surface area contributed by atoms with Crippen molar-refractivity contribution in [3.63, 3.8) is 0 Å². The van der Waals surface area contributed by atoms with E-state index in [1.807, 2.05) is 38.2 Å². The number of carbonyl (C=O) groups excluding carboxylic acids is 1. The predicted molar refractivity (Wildman–Crippen MR) is 75.2 cm³/mol. The van der Waals surface area contributed by atoms with Gasteiger partial charge in [-0.25, -0.2) is 0 Å². The second-order valence-electron chi connectivity index (χ2n) is 4.72. The molecule has 0 saturated heterocycles. The van der Waals surface area contributed by atoms with Crippen LogP contribution in [0.4, 0.5) is 0 Å². The molecular formula is C14H15N5O. The van der Waals surface area contributed by atoms with Gasteiger partial charge in [0.1, 0.15) is 0 Å². The Hall–Kier alpha value is -2.63. The first-order valence-corrected chi connectivity index (χ1v) is 6.38. The first kappa shape index (κ1) is 12.4. The van der Waals surface area contributed by atoms with E-state index in [0.717, 1.165) is 16.5 Å². The summed E-state index contributed by atoms with van der Waals surface area (Å²) in [5.41, 5.74) is 2.31. The van der Waals surface area contributed by atoms with E-state index in [2.05, 4.69) is 20.6 Å². The molecule has 1 amide bonds. The maximum Gasteiger partial charge on any atom is 0.272 e. The van der Waals surface area contributed by atoms with E-state index in [-0.39, 0.29) is 11.9 Å². The van der Waals surface area contributed by atoms with Gasteiger partial charge in [0, 0.05) is 24.2 Å². The molecule has 0 aliphatic heterocycles. The van der Waals surface area contributed by atoms with Crippen LogP contribution in [0.2, 0.25) is 0 Å². The first-order chi connectivity index (χ1) is 9.66. The van der Waals surface area contributed by atoms with Crippen molar-refractivity contribution in [3.05, 3.63) is 47.9 Å². The lowest BCUT2D eigenvalue weighted by atomic mass is 10.1. The van der Waals surface area contributed by atoms with Crippen molar-refractivity contribution in [2.75, 3.05) is 0 Å². The summed E-state index contributed by atoms with van der Waals surface area (Å²) in [5, 5.41) is 14.7. The Morgan fingerprint density at radius 2 is 2.20 bits per heavy atom. The van der Waals surface area contributed by atoms with Crippen molar-refractivity contribution in [1.29, 1.82) is 0 Å². The molecule has 0 bridgehead atoms. The van der Waals surface area contributed by atoms with Crippen LogP contribution in [0.25, 0.3) is 10.9 Å². The number of benzene rings is 1. The third kappa shape index (κ3) is 2.05. The fourth-order valence-electron chi connectivity index (χ4n) is 2.23. The minimum atomic E-state index is -0.185. The summed E-state index contributed by atoms with van der Waals surface area (Å²) in [7, 11) is 1.83. The molecule has 6 nitrogen and oxygen atoms in total. The third-order valence-corrected chi connectivity index (χ3v) is 3.34. The molecule has 3 rings (SSSR count). The molecule has 1 aromatic carbocycles. The number of hydrogen-bond donors (Lipinski definition) is 2. The molecular weight excluding hydrogens is 254 g/mol. The van der Waals surface area contributed by atoms with Gasteiger partial charge in [-0.2, -0.15) is 10.2 Å². The van der Waals surface area contributed by atoms with Crippen molar-refractivity contribution in [3.8, 4) is 0 Å². The molecule has 1 unspecified atom stereocenters. The molecule has 2 aromatic heterocycles. The molecule has 0 aliphatic carbocycles. The molecule has 0 saturated carbocycles. The Balaban J connectivity index is 1.90. The van der Waals surface area contributed by atoms with E-state index in [4.69, 9.17) is 0 Å². The second-order valence-corrected chi connectivity index (χ2v) is 4.72. The summed E-state index contributed by atoms with van der Waals surface area (Å²) < 4.78 is 1.72. The molecule has 2 heterocycles. The molecule has 6 heteroatoms. The van der Waals surface area contributed by atoms with Crippen LogP contribution in [0.3, 0.4) is 0 Å². The van der Waals surface area contributed by atoms with Crippen LogP contribution >= 0.6 is 0 Å². The summed E-state index contributed by atoms with van der Waals surface area (Å²) >= 11 is 0. The minimum Gasteiger partial charge on any atom is -0.344 e. The largest absolute Gasteiger partial charge is 0.344 e. The molecule has 1 atom stereocenters. The number of carbonyl (C=O) groups is 1. The summed E-state index contributed by atoms with van der Waals surface area (Å²) in [5.74, 6) is -0.185. The first-order valence-electron chi connectivity index (χ1n) is 6.38. The van der Waals surface area contributed by atoms with E-state index < -0.39 is 0 Å². The Labute approximate surface area is 115 Å². The number of aryl methyl sites for hydroxylation is 1. The lowest BCUT2D eigenvalue weighted by molar-refractivity contribution is 0.0935. The normalized spacial score (nSPS) is 12.5. The number of nitrogens with one attached hydrogen (secondary N) is 2. The van der Waals surface area contributed by atoms with Gasteiger partial charge in [-0.3, -0.25) is 14.6 Å². The van der Waals surface area contributed by atoms with Crippen LogP contribution in [0, 0.1) is 0 Å². The van der Waals surface area contributed by atoms with Gasteiger partial charge in [0.05, 0.1) is 17.8 Å². The quantitative estimate of drug-likeness (QED) is 0.761. The third-order valence-electron chi connectivity index (χ3n) is 3.34. The van der Waals surface area contributed by atoms with Crippen molar-refractivity contribution in [1.82, 2.24) is 25.3 Å². The summed E-state index contributed by atoms with van der Waals surface area (Å²) in [6.45, 7) is 1.91. The second kappa shape index (κ2) is 4.80. The zero-order valence-corrected chi connectivity index (χ0v) is 11.3. The maximum absolute atomic E-state index is 12.4. The van der Waals surface area contributed by atoms with Gasteiger partial charge < -0.3 is 5.32 Å². The lowest BCUT2D eigenvalue weighted by Crippen LogP contribution is -2.27. The highest BCUT2D eigenvalue weighted by Crippen LogP contribution is 2.18. The van der Waals surface area contributed by atoms with Gasteiger partial charge in [-0.05, 0) is 13.0 Å². The van der Waals surface area contributed by atoms with Crippen LogP contribution in [0.15, 0.2) is 36.7 Å². The Morgan fingerprint density at radius 3 is 2.95 bits per heavy atom. The zero-order valence-electron chi connectivity index (χ0n) is 11.3. The highest BCUT2D eigenvalue weighted by atomic mass is 16.2. The summed E-state index contributed by atoms with van der Waals surface area (Å²) in [6, 6.07) is 7.56. The number of rotatable bonds is 3.